The highest BCUT2D eigenvalue weighted by atomic mass is 127. The lowest BCUT2D eigenvalue weighted by atomic mass is 10.0. The van der Waals surface area contributed by atoms with Crippen molar-refractivity contribution in [3.63, 3.8) is 0 Å². The van der Waals surface area contributed by atoms with Crippen LogP contribution >= 0.6 is 35.0 Å². The van der Waals surface area contributed by atoms with Gasteiger partial charge in [0, 0.05) is 9.61 Å². The Balaban J connectivity index is 0.00000144. The van der Waals surface area contributed by atoms with Gasteiger partial charge in [-0.1, -0.05) is 25.5 Å². The van der Waals surface area contributed by atoms with E-state index in [1.54, 1.807) is 0 Å². The van der Waals surface area contributed by atoms with Crippen LogP contribution in [0.4, 0.5) is 0 Å². The molecule has 0 radical (unpaired) electrons. The van der Waals surface area contributed by atoms with Gasteiger partial charge in [-0.2, -0.15) is 0 Å². The predicted octanol–water partition coefficient (Wildman–Crippen LogP) is 3.51. The topological polar surface area (TPSA) is 26.0 Å². The van der Waals surface area contributed by atoms with Crippen molar-refractivity contribution in [1.82, 2.24) is 0 Å². The van der Waals surface area contributed by atoms with Gasteiger partial charge in [0.2, 0.25) is 0 Å². The number of benzene rings is 1. The molecule has 74 valence electrons. The number of hydrogen-bond donors (Lipinski definition) is 1. The van der Waals surface area contributed by atoms with Crippen molar-refractivity contribution in [3.05, 3.63) is 33.4 Å². The second kappa shape index (κ2) is 6.62. The molecule has 0 saturated heterocycles. The van der Waals surface area contributed by atoms with E-state index in [2.05, 4.69) is 53.8 Å². The Morgan fingerprint density at radius 1 is 1.46 bits per heavy atom. The minimum Gasteiger partial charge on any atom is -0.324 e. The molecule has 1 atom stereocenters. The van der Waals surface area contributed by atoms with Crippen LogP contribution in [0.15, 0.2) is 24.3 Å². The van der Waals surface area contributed by atoms with Crippen LogP contribution in [-0.2, 0) is 0 Å². The van der Waals surface area contributed by atoms with E-state index in [0.29, 0.717) is 0 Å². The molecule has 1 rings (SSSR count). The smallest absolute Gasteiger partial charge is 0.0295 e. The molecular weight excluding hydrogens is 296 g/mol. The van der Waals surface area contributed by atoms with Gasteiger partial charge in [0.05, 0.1) is 0 Å². The molecule has 0 bridgehead atoms. The van der Waals surface area contributed by atoms with Crippen LogP contribution in [0, 0.1) is 3.57 Å². The quantitative estimate of drug-likeness (QED) is 0.849. The van der Waals surface area contributed by atoms with E-state index in [9.17, 15) is 0 Å². The first-order valence-electron chi connectivity index (χ1n) is 4.25. The van der Waals surface area contributed by atoms with E-state index in [1.165, 1.54) is 9.13 Å². The fourth-order valence-electron chi connectivity index (χ4n) is 1.21. The number of hydrogen-bond acceptors (Lipinski definition) is 1. The van der Waals surface area contributed by atoms with E-state index in [-0.39, 0.29) is 18.4 Å². The first-order valence-corrected chi connectivity index (χ1v) is 5.33. The maximum Gasteiger partial charge on any atom is 0.0295 e. The molecule has 0 heterocycles. The summed E-state index contributed by atoms with van der Waals surface area (Å²) in [5.74, 6) is 0. The molecule has 0 unspecified atom stereocenters. The van der Waals surface area contributed by atoms with Crippen molar-refractivity contribution in [2.75, 3.05) is 0 Å². The summed E-state index contributed by atoms with van der Waals surface area (Å²) in [6.45, 7) is 2.16. The molecule has 0 saturated carbocycles. The maximum absolute atomic E-state index is 5.97. The van der Waals surface area contributed by atoms with Gasteiger partial charge >= 0.3 is 0 Å². The third kappa shape index (κ3) is 4.29. The standard InChI is InChI=1S/C10H14IN.ClH/c1-2-4-10(12)8-5-3-6-9(11)7-8;/h3,5-7,10H,2,4,12H2,1H3;1H/t10-;/m1./s1. The number of nitrogens with two attached hydrogens (primary N) is 1. The highest BCUT2D eigenvalue weighted by Gasteiger charge is 2.03. The summed E-state index contributed by atoms with van der Waals surface area (Å²) in [6, 6.07) is 8.61. The van der Waals surface area contributed by atoms with Crippen molar-refractivity contribution < 1.29 is 0 Å². The van der Waals surface area contributed by atoms with Gasteiger partial charge in [-0.15, -0.1) is 12.4 Å². The first kappa shape index (κ1) is 13.2. The molecular formula is C10H15ClIN. The van der Waals surface area contributed by atoms with Crippen molar-refractivity contribution in [2.24, 2.45) is 5.73 Å². The molecule has 2 N–H and O–H groups in total. The first-order chi connectivity index (χ1) is 5.74. The largest absolute Gasteiger partial charge is 0.324 e. The van der Waals surface area contributed by atoms with E-state index in [0.717, 1.165) is 12.8 Å². The van der Waals surface area contributed by atoms with Crippen LogP contribution in [0.5, 0.6) is 0 Å². The molecule has 0 fully saturated rings. The fourth-order valence-corrected chi connectivity index (χ4v) is 1.78. The Morgan fingerprint density at radius 3 is 2.69 bits per heavy atom. The average Bonchev–Trinajstić information content (AvgIpc) is 2.05. The van der Waals surface area contributed by atoms with Crippen LogP contribution in [0.1, 0.15) is 31.4 Å². The molecule has 1 aromatic rings. The Hall–Kier alpha value is 0.200. The van der Waals surface area contributed by atoms with Gasteiger partial charge in [-0.05, 0) is 46.7 Å². The van der Waals surface area contributed by atoms with Gasteiger partial charge < -0.3 is 5.73 Å². The lowest BCUT2D eigenvalue weighted by Crippen LogP contribution is -2.09. The Morgan fingerprint density at radius 2 is 2.15 bits per heavy atom. The molecule has 0 spiro atoms. The minimum atomic E-state index is 0. The summed E-state index contributed by atoms with van der Waals surface area (Å²) in [6.07, 6.45) is 2.22. The molecule has 0 aliphatic rings. The molecule has 0 aliphatic carbocycles. The summed E-state index contributed by atoms with van der Waals surface area (Å²) in [4.78, 5) is 0. The monoisotopic (exact) mass is 311 g/mol. The van der Waals surface area contributed by atoms with Gasteiger partial charge in [0.15, 0.2) is 0 Å². The van der Waals surface area contributed by atoms with E-state index >= 15 is 0 Å². The SMILES string of the molecule is CCC[C@@H](N)c1cccc(I)c1.Cl. The molecule has 1 nitrogen and oxygen atoms in total. The van der Waals surface area contributed by atoms with E-state index in [1.807, 2.05) is 0 Å². The molecule has 3 heteroatoms. The lowest BCUT2D eigenvalue weighted by Gasteiger charge is -2.10. The average molecular weight is 312 g/mol. The van der Waals surface area contributed by atoms with Crippen LogP contribution in [0.3, 0.4) is 0 Å². The van der Waals surface area contributed by atoms with Crippen LogP contribution in [0.2, 0.25) is 0 Å². The third-order valence-corrected chi connectivity index (χ3v) is 2.55. The highest BCUT2D eigenvalue weighted by molar-refractivity contribution is 14.1. The zero-order valence-corrected chi connectivity index (χ0v) is 10.6. The Kier molecular flexibility index (Phi) is 6.73. The molecule has 0 aromatic heterocycles. The van der Waals surface area contributed by atoms with Crippen molar-refractivity contribution in [1.29, 1.82) is 0 Å². The molecule has 1 aromatic carbocycles. The third-order valence-electron chi connectivity index (χ3n) is 1.88. The highest BCUT2D eigenvalue weighted by Crippen LogP contribution is 2.17. The zero-order chi connectivity index (χ0) is 8.97. The second-order valence-corrected chi connectivity index (χ2v) is 4.20. The van der Waals surface area contributed by atoms with Crippen molar-refractivity contribution in [3.8, 4) is 0 Å². The van der Waals surface area contributed by atoms with Crippen molar-refractivity contribution >= 4 is 35.0 Å². The molecule has 13 heavy (non-hydrogen) atoms. The number of rotatable bonds is 3. The summed E-state index contributed by atoms with van der Waals surface area (Å²) < 4.78 is 1.26. The molecule has 0 amide bonds. The van der Waals surface area contributed by atoms with E-state index in [4.69, 9.17) is 5.73 Å². The van der Waals surface area contributed by atoms with Gasteiger partial charge in [0.25, 0.3) is 0 Å². The van der Waals surface area contributed by atoms with Gasteiger partial charge in [-0.25, -0.2) is 0 Å². The maximum atomic E-state index is 5.97. The second-order valence-electron chi connectivity index (χ2n) is 2.95. The fraction of sp³-hybridized carbons (Fsp3) is 0.400. The Labute approximate surface area is 99.6 Å². The summed E-state index contributed by atoms with van der Waals surface area (Å²) in [7, 11) is 0. The summed E-state index contributed by atoms with van der Waals surface area (Å²) >= 11 is 2.31. The van der Waals surface area contributed by atoms with Crippen LogP contribution < -0.4 is 5.73 Å². The summed E-state index contributed by atoms with van der Waals surface area (Å²) in [5.41, 5.74) is 7.22. The minimum absolute atomic E-state index is 0. The van der Waals surface area contributed by atoms with Gasteiger partial charge in [-0.3, -0.25) is 0 Å². The molecule has 0 aliphatic heterocycles. The Bertz CT molecular complexity index is 252. The zero-order valence-electron chi connectivity index (χ0n) is 7.66. The van der Waals surface area contributed by atoms with Crippen molar-refractivity contribution in [2.45, 2.75) is 25.8 Å². The van der Waals surface area contributed by atoms with Crippen LogP contribution in [-0.4, -0.2) is 0 Å². The van der Waals surface area contributed by atoms with Crippen LogP contribution in [0.25, 0.3) is 0 Å². The van der Waals surface area contributed by atoms with Gasteiger partial charge in [0.1, 0.15) is 0 Å². The summed E-state index contributed by atoms with van der Waals surface area (Å²) in [5, 5.41) is 0. The number of halogens is 2. The van der Waals surface area contributed by atoms with E-state index < -0.39 is 0 Å². The lowest BCUT2D eigenvalue weighted by molar-refractivity contribution is 0.638. The normalized spacial score (nSPS) is 11.9. The predicted molar refractivity (Wildman–Crippen MR) is 68.2 cm³/mol.